The lowest BCUT2D eigenvalue weighted by molar-refractivity contribution is 0.406. The number of ether oxygens (including phenoxy) is 1. The van der Waals surface area contributed by atoms with Gasteiger partial charge in [-0.25, -0.2) is 0 Å². The molecule has 0 amide bonds. The topological polar surface area (TPSA) is 9.23 Å². The van der Waals surface area contributed by atoms with Gasteiger partial charge in [0.2, 0.25) is 0 Å². The van der Waals surface area contributed by atoms with Crippen molar-refractivity contribution in [3.8, 4) is 5.75 Å². The molecule has 0 radical (unpaired) electrons. The molecular weight excluding hydrogens is 196 g/mol. The standard InChI is InChI=1S/C15H22O/c1-4-15(9-5-6-10-15)13-7-8-14(16-3)12(2)11-13/h7-8,11H,4-6,9-10H2,1-3H3. The average Bonchev–Trinajstić information content (AvgIpc) is 2.78. The van der Waals surface area contributed by atoms with E-state index >= 15 is 0 Å². The van der Waals surface area contributed by atoms with Crippen LogP contribution in [0.1, 0.15) is 50.2 Å². The quantitative estimate of drug-likeness (QED) is 0.738. The van der Waals surface area contributed by atoms with E-state index < -0.39 is 0 Å². The summed E-state index contributed by atoms with van der Waals surface area (Å²) in [6.45, 7) is 4.46. The molecule has 0 atom stereocenters. The summed E-state index contributed by atoms with van der Waals surface area (Å²) in [7, 11) is 1.74. The predicted molar refractivity (Wildman–Crippen MR) is 68.2 cm³/mol. The Labute approximate surface area is 98.8 Å². The fraction of sp³-hybridized carbons (Fsp3) is 0.600. The molecule has 1 fully saturated rings. The minimum atomic E-state index is 0.455. The highest BCUT2D eigenvalue weighted by molar-refractivity contribution is 5.39. The van der Waals surface area contributed by atoms with Crippen molar-refractivity contribution in [1.29, 1.82) is 0 Å². The average molecular weight is 218 g/mol. The van der Waals surface area contributed by atoms with Crippen LogP contribution in [0.4, 0.5) is 0 Å². The van der Waals surface area contributed by atoms with E-state index in [0.717, 1.165) is 5.75 Å². The van der Waals surface area contributed by atoms with Gasteiger partial charge >= 0.3 is 0 Å². The summed E-state index contributed by atoms with van der Waals surface area (Å²) < 4.78 is 5.33. The van der Waals surface area contributed by atoms with Crippen molar-refractivity contribution in [3.05, 3.63) is 29.3 Å². The van der Waals surface area contributed by atoms with E-state index in [1.807, 2.05) is 0 Å². The van der Waals surface area contributed by atoms with Gasteiger partial charge in [-0.3, -0.25) is 0 Å². The first-order valence-electron chi connectivity index (χ1n) is 6.37. The molecule has 2 rings (SSSR count). The largest absolute Gasteiger partial charge is 0.496 e. The second-order valence-corrected chi connectivity index (χ2v) is 5.03. The third-order valence-electron chi connectivity index (χ3n) is 4.24. The molecule has 1 aromatic carbocycles. The molecule has 0 N–H and O–H groups in total. The summed E-state index contributed by atoms with van der Waals surface area (Å²) in [6, 6.07) is 6.72. The summed E-state index contributed by atoms with van der Waals surface area (Å²) in [6.07, 6.45) is 6.75. The fourth-order valence-corrected chi connectivity index (χ4v) is 3.11. The molecule has 0 saturated heterocycles. The van der Waals surface area contributed by atoms with Crippen molar-refractivity contribution < 1.29 is 4.74 Å². The number of methoxy groups -OCH3 is 1. The Morgan fingerprint density at radius 3 is 2.44 bits per heavy atom. The van der Waals surface area contributed by atoms with Crippen molar-refractivity contribution in [2.75, 3.05) is 7.11 Å². The number of rotatable bonds is 3. The molecule has 1 nitrogen and oxygen atoms in total. The number of hydrogen-bond donors (Lipinski definition) is 0. The van der Waals surface area contributed by atoms with Gasteiger partial charge in [-0.2, -0.15) is 0 Å². The van der Waals surface area contributed by atoms with Gasteiger partial charge in [-0.05, 0) is 48.8 Å². The van der Waals surface area contributed by atoms with E-state index in [-0.39, 0.29) is 0 Å². The highest BCUT2D eigenvalue weighted by Gasteiger charge is 2.33. The van der Waals surface area contributed by atoms with Crippen molar-refractivity contribution in [2.45, 2.75) is 51.4 Å². The Morgan fingerprint density at radius 1 is 1.25 bits per heavy atom. The van der Waals surface area contributed by atoms with Crippen molar-refractivity contribution in [2.24, 2.45) is 0 Å². The van der Waals surface area contributed by atoms with Gasteiger partial charge in [0.15, 0.2) is 0 Å². The predicted octanol–water partition coefficient (Wildman–Crippen LogP) is 4.23. The number of benzene rings is 1. The SMILES string of the molecule is CCC1(c2ccc(OC)c(C)c2)CCCC1. The molecule has 0 aromatic heterocycles. The Balaban J connectivity index is 2.36. The van der Waals surface area contributed by atoms with Crippen LogP contribution in [0.15, 0.2) is 18.2 Å². The maximum Gasteiger partial charge on any atom is 0.121 e. The Kier molecular flexibility index (Phi) is 3.22. The van der Waals surface area contributed by atoms with Crippen LogP contribution < -0.4 is 4.74 Å². The molecule has 0 spiro atoms. The summed E-state index contributed by atoms with van der Waals surface area (Å²) in [5.74, 6) is 1.01. The molecule has 1 aromatic rings. The lowest BCUT2D eigenvalue weighted by Gasteiger charge is -2.28. The summed E-state index contributed by atoms with van der Waals surface area (Å²) >= 11 is 0. The molecule has 0 heterocycles. The van der Waals surface area contributed by atoms with Crippen molar-refractivity contribution >= 4 is 0 Å². The highest BCUT2D eigenvalue weighted by atomic mass is 16.5. The van der Waals surface area contributed by atoms with Crippen LogP contribution in [-0.4, -0.2) is 7.11 Å². The third-order valence-corrected chi connectivity index (χ3v) is 4.24. The highest BCUT2D eigenvalue weighted by Crippen LogP contribution is 2.44. The molecule has 1 heteroatoms. The van der Waals surface area contributed by atoms with E-state index in [9.17, 15) is 0 Å². The van der Waals surface area contributed by atoms with Gasteiger partial charge in [0.1, 0.15) is 5.75 Å². The Morgan fingerprint density at radius 2 is 1.94 bits per heavy atom. The molecular formula is C15H22O. The van der Waals surface area contributed by atoms with E-state index in [1.165, 1.54) is 43.2 Å². The second kappa shape index (κ2) is 4.48. The van der Waals surface area contributed by atoms with Crippen LogP contribution in [0.3, 0.4) is 0 Å². The first kappa shape index (κ1) is 11.5. The fourth-order valence-electron chi connectivity index (χ4n) is 3.11. The van der Waals surface area contributed by atoms with Crippen LogP contribution in [0, 0.1) is 6.92 Å². The third kappa shape index (κ3) is 1.83. The smallest absolute Gasteiger partial charge is 0.121 e. The van der Waals surface area contributed by atoms with Gasteiger partial charge in [0.25, 0.3) is 0 Å². The van der Waals surface area contributed by atoms with Gasteiger partial charge < -0.3 is 4.74 Å². The molecule has 1 saturated carbocycles. The summed E-state index contributed by atoms with van der Waals surface area (Å²) in [5.41, 5.74) is 3.24. The molecule has 0 bridgehead atoms. The Bertz CT molecular complexity index is 362. The van der Waals surface area contributed by atoms with Crippen LogP contribution in [0.25, 0.3) is 0 Å². The first-order chi connectivity index (χ1) is 7.72. The molecule has 88 valence electrons. The summed E-state index contributed by atoms with van der Waals surface area (Å²) in [4.78, 5) is 0. The van der Waals surface area contributed by atoms with Crippen molar-refractivity contribution in [1.82, 2.24) is 0 Å². The second-order valence-electron chi connectivity index (χ2n) is 5.03. The van der Waals surface area contributed by atoms with Crippen LogP contribution in [-0.2, 0) is 5.41 Å². The maximum atomic E-state index is 5.33. The van der Waals surface area contributed by atoms with Gasteiger partial charge in [-0.15, -0.1) is 0 Å². The monoisotopic (exact) mass is 218 g/mol. The van der Waals surface area contributed by atoms with Crippen LogP contribution >= 0.6 is 0 Å². The lowest BCUT2D eigenvalue weighted by Crippen LogP contribution is -2.20. The Hall–Kier alpha value is -0.980. The normalized spacial score (nSPS) is 18.7. The molecule has 0 aliphatic heterocycles. The molecule has 0 unspecified atom stereocenters. The van der Waals surface area contributed by atoms with Gasteiger partial charge in [-0.1, -0.05) is 31.9 Å². The van der Waals surface area contributed by atoms with E-state index in [0.29, 0.717) is 5.41 Å². The number of hydrogen-bond acceptors (Lipinski definition) is 1. The molecule has 1 aliphatic carbocycles. The lowest BCUT2D eigenvalue weighted by atomic mass is 9.76. The first-order valence-corrected chi connectivity index (χ1v) is 6.37. The molecule has 1 aliphatic rings. The maximum absolute atomic E-state index is 5.33. The van der Waals surface area contributed by atoms with Crippen LogP contribution in [0.5, 0.6) is 5.75 Å². The number of aryl methyl sites for hydroxylation is 1. The van der Waals surface area contributed by atoms with Crippen LogP contribution in [0.2, 0.25) is 0 Å². The van der Waals surface area contributed by atoms with Gasteiger partial charge in [0.05, 0.1) is 7.11 Å². The van der Waals surface area contributed by atoms with E-state index in [4.69, 9.17) is 4.74 Å². The van der Waals surface area contributed by atoms with E-state index in [2.05, 4.69) is 32.0 Å². The minimum Gasteiger partial charge on any atom is -0.496 e. The zero-order valence-corrected chi connectivity index (χ0v) is 10.7. The molecule has 16 heavy (non-hydrogen) atoms. The minimum absolute atomic E-state index is 0.455. The van der Waals surface area contributed by atoms with Gasteiger partial charge in [0, 0.05) is 0 Å². The van der Waals surface area contributed by atoms with E-state index in [1.54, 1.807) is 7.11 Å². The summed E-state index contributed by atoms with van der Waals surface area (Å²) in [5, 5.41) is 0. The zero-order valence-electron chi connectivity index (χ0n) is 10.7. The zero-order chi connectivity index (χ0) is 11.6. The van der Waals surface area contributed by atoms with Crippen molar-refractivity contribution in [3.63, 3.8) is 0 Å².